The Morgan fingerprint density at radius 1 is 0.929 bits per heavy atom. The Bertz CT molecular complexity index is 1400. The van der Waals surface area contributed by atoms with Gasteiger partial charge in [0.1, 0.15) is 11.4 Å². The van der Waals surface area contributed by atoms with E-state index in [-0.39, 0.29) is 5.69 Å². The Labute approximate surface area is 252 Å². The normalized spacial score (nSPS) is 16.0. The van der Waals surface area contributed by atoms with Gasteiger partial charge in [0, 0.05) is 29.1 Å². The van der Waals surface area contributed by atoms with Gasteiger partial charge in [-0.05, 0) is 58.6 Å². The van der Waals surface area contributed by atoms with E-state index >= 15 is 0 Å². The zero-order valence-corrected chi connectivity index (χ0v) is 27.2. The number of fused-ring (bicyclic) bond motifs is 2. The monoisotopic (exact) mass is 610 g/mol. The molecule has 1 aliphatic rings. The van der Waals surface area contributed by atoms with Gasteiger partial charge in [0.15, 0.2) is 5.60 Å². The Morgan fingerprint density at radius 2 is 1.52 bits per heavy atom. The van der Waals surface area contributed by atoms with Gasteiger partial charge in [-0.3, -0.25) is 0 Å². The average Bonchev–Trinajstić information content (AvgIpc) is 3.47. The second-order valence-electron chi connectivity index (χ2n) is 13.9. The van der Waals surface area contributed by atoms with Crippen molar-refractivity contribution in [3.63, 3.8) is 0 Å². The van der Waals surface area contributed by atoms with Crippen molar-refractivity contribution in [1.29, 1.82) is 0 Å². The lowest BCUT2D eigenvalue weighted by atomic mass is 9.61. The second-order valence-corrected chi connectivity index (χ2v) is 14.4. The van der Waals surface area contributed by atoms with Crippen molar-refractivity contribution in [3.05, 3.63) is 57.9 Å². The largest absolute Gasteiger partial charge is 0.493 e. The molecule has 1 aliphatic heterocycles. The van der Waals surface area contributed by atoms with Crippen molar-refractivity contribution in [3.8, 4) is 5.75 Å². The fraction of sp³-hybridized carbons (Fsp3) is 0.606. The second kappa shape index (κ2) is 11.3. The molecule has 3 N–H and O–H groups in total. The summed E-state index contributed by atoms with van der Waals surface area (Å²) < 4.78 is 49.4. The highest BCUT2D eigenvalue weighted by atomic mass is 35.5. The number of nitrogens with zero attached hydrogens (tertiary/aromatic N) is 1. The molecule has 0 spiro atoms. The number of aromatic nitrogens is 2. The molecule has 2 aromatic heterocycles. The van der Waals surface area contributed by atoms with Gasteiger partial charge < -0.3 is 19.9 Å². The fourth-order valence-electron chi connectivity index (χ4n) is 6.43. The summed E-state index contributed by atoms with van der Waals surface area (Å²) in [7, 11) is 0. The Hall–Kier alpha value is -2.29. The summed E-state index contributed by atoms with van der Waals surface area (Å²) in [6, 6.07) is 8.34. The topological polar surface area (TPSA) is 78.4 Å². The van der Waals surface area contributed by atoms with E-state index in [9.17, 15) is 23.4 Å². The number of aliphatic hydroxyl groups is 2. The van der Waals surface area contributed by atoms with Crippen molar-refractivity contribution in [2.24, 2.45) is 10.8 Å². The van der Waals surface area contributed by atoms with Crippen molar-refractivity contribution < 1.29 is 28.1 Å². The number of halogens is 4. The summed E-state index contributed by atoms with van der Waals surface area (Å²) in [5, 5.41) is 23.5. The Morgan fingerprint density at radius 3 is 2.07 bits per heavy atom. The lowest BCUT2D eigenvalue weighted by Crippen LogP contribution is -2.51. The highest BCUT2D eigenvalue weighted by Crippen LogP contribution is 2.51. The van der Waals surface area contributed by atoms with Crippen LogP contribution in [0.15, 0.2) is 30.3 Å². The van der Waals surface area contributed by atoms with Gasteiger partial charge in [0.05, 0.1) is 23.3 Å². The van der Waals surface area contributed by atoms with Crippen molar-refractivity contribution in [2.75, 3.05) is 6.61 Å². The molecule has 1 atom stereocenters. The van der Waals surface area contributed by atoms with Gasteiger partial charge in [0.2, 0.25) is 0 Å². The Kier molecular flexibility index (Phi) is 9.22. The third-order valence-electron chi connectivity index (χ3n) is 8.29. The highest BCUT2D eigenvalue weighted by Gasteiger charge is 2.56. The minimum atomic E-state index is -4.92. The molecule has 0 aliphatic carbocycles. The van der Waals surface area contributed by atoms with Crippen LogP contribution in [0, 0.1) is 10.8 Å². The number of ether oxygens (including phenoxy) is 1. The third-order valence-corrected chi connectivity index (χ3v) is 8.51. The number of nitrogens with one attached hydrogen (secondary N) is 1. The van der Waals surface area contributed by atoms with Crippen LogP contribution in [0.1, 0.15) is 98.2 Å². The van der Waals surface area contributed by atoms with Gasteiger partial charge in [-0.25, -0.2) is 4.98 Å². The number of benzene rings is 1. The standard InChI is InChI=1S/C31H40ClF3N2O3.C2H6/c1-26(2,3)30(39,27(4,5)6)24-10-9-22-23(37-24)15-20(36-22)16-29(38,31(33,34)35)17-28(7,8)21-14-19(32)13-18-11-12-40-25(18)21;1-2/h9-10,13-15,36,38-39H,11-12,16-17H2,1-8H3;1-2H3. The highest BCUT2D eigenvalue weighted by molar-refractivity contribution is 6.30. The van der Waals surface area contributed by atoms with Crippen molar-refractivity contribution in [1.82, 2.24) is 9.97 Å². The number of hydrogen-bond acceptors (Lipinski definition) is 4. The molecule has 0 amide bonds. The predicted molar refractivity (Wildman–Crippen MR) is 163 cm³/mol. The molecule has 4 rings (SSSR count). The molecular weight excluding hydrogens is 565 g/mol. The maximum absolute atomic E-state index is 14.6. The van der Waals surface area contributed by atoms with E-state index in [1.807, 2.05) is 55.4 Å². The van der Waals surface area contributed by atoms with Gasteiger partial charge in [0.25, 0.3) is 0 Å². The lowest BCUT2D eigenvalue weighted by molar-refractivity contribution is -0.266. The molecule has 0 radical (unpaired) electrons. The predicted octanol–water partition coefficient (Wildman–Crippen LogP) is 8.66. The van der Waals surface area contributed by atoms with E-state index in [0.29, 0.717) is 46.1 Å². The first-order valence-electron chi connectivity index (χ1n) is 14.6. The van der Waals surface area contributed by atoms with Gasteiger partial charge in [-0.2, -0.15) is 13.2 Å². The van der Waals surface area contributed by atoms with Crippen molar-refractivity contribution in [2.45, 2.75) is 111 Å². The van der Waals surface area contributed by atoms with Crippen LogP contribution >= 0.6 is 11.6 Å². The van der Waals surface area contributed by atoms with E-state index in [1.165, 1.54) is 6.07 Å². The molecule has 0 saturated heterocycles. The molecule has 0 bridgehead atoms. The summed E-state index contributed by atoms with van der Waals surface area (Å²) in [6.07, 6.45) is -5.59. The van der Waals surface area contributed by atoms with E-state index in [2.05, 4.69) is 9.97 Å². The summed E-state index contributed by atoms with van der Waals surface area (Å²) in [4.78, 5) is 7.69. The first-order chi connectivity index (χ1) is 19.1. The summed E-state index contributed by atoms with van der Waals surface area (Å²) >= 11 is 6.30. The van der Waals surface area contributed by atoms with Crippen LogP contribution in [-0.2, 0) is 23.9 Å². The summed E-state index contributed by atoms with van der Waals surface area (Å²) in [5.41, 5.74) is -3.65. The van der Waals surface area contributed by atoms with E-state index in [0.717, 1.165) is 5.56 Å². The minimum absolute atomic E-state index is 0.193. The Balaban J connectivity index is 0.00000237. The number of hydrogen-bond donors (Lipinski definition) is 3. The van der Waals surface area contributed by atoms with E-state index in [1.54, 1.807) is 38.1 Å². The maximum Gasteiger partial charge on any atom is 0.417 e. The summed E-state index contributed by atoms with van der Waals surface area (Å²) in [6.45, 7) is 19.3. The molecular formula is C33H46ClF3N2O3. The van der Waals surface area contributed by atoms with Crippen LogP contribution in [0.25, 0.3) is 11.0 Å². The number of H-pyrrole nitrogens is 1. The molecule has 0 fully saturated rings. The molecule has 5 nitrogen and oxygen atoms in total. The molecule has 42 heavy (non-hydrogen) atoms. The molecule has 3 heterocycles. The van der Waals surface area contributed by atoms with E-state index < -0.39 is 46.5 Å². The number of alkyl halides is 3. The fourth-order valence-corrected chi connectivity index (χ4v) is 6.67. The molecule has 9 heteroatoms. The SMILES string of the molecule is CC.CC(C)(CC(O)(Cc1cc2nc(C(O)(C(C)(C)C)C(C)(C)C)ccc2[nH]1)C(F)(F)F)c1cc(Cl)cc2c1OCC2. The third kappa shape index (κ3) is 6.18. The first-order valence-corrected chi connectivity index (χ1v) is 14.9. The van der Waals surface area contributed by atoms with Crippen molar-refractivity contribution >= 4 is 22.6 Å². The minimum Gasteiger partial charge on any atom is -0.493 e. The van der Waals surface area contributed by atoms with Gasteiger partial charge in [-0.1, -0.05) is 80.8 Å². The zero-order chi connectivity index (χ0) is 32.1. The summed E-state index contributed by atoms with van der Waals surface area (Å²) in [5.74, 6) is 0.548. The van der Waals surface area contributed by atoms with E-state index in [4.69, 9.17) is 16.3 Å². The first kappa shape index (κ1) is 34.2. The molecule has 1 aromatic carbocycles. The van der Waals surface area contributed by atoms with Crippen LogP contribution in [0.4, 0.5) is 13.2 Å². The van der Waals surface area contributed by atoms with Crippen LogP contribution < -0.4 is 4.74 Å². The van der Waals surface area contributed by atoms with Gasteiger partial charge >= 0.3 is 6.18 Å². The number of rotatable bonds is 6. The van der Waals surface area contributed by atoms with Crippen LogP contribution in [0.3, 0.4) is 0 Å². The lowest BCUT2D eigenvalue weighted by Gasteiger charge is -2.49. The van der Waals surface area contributed by atoms with Crippen LogP contribution in [0.2, 0.25) is 5.02 Å². The smallest absolute Gasteiger partial charge is 0.417 e. The quantitative estimate of drug-likeness (QED) is 0.261. The van der Waals surface area contributed by atoms with Crippen LogP contribution in [0.5, 0.6) is 5.75 Å². The molecule has 1 unspecified atom stereocenters. The molecule has 3 aromatic rings. The number of aromatic amines is 1. The maximum atomic E-state index is 14.6. The van der Waals surface area contributed by atoms with Gasteiger partial charge in [-0.15, -0.1) is 0 Å². The zero-order valence-electron chi connectivity index (χ0n) is 26.5. The average molecular weight is 611 g/mol. The number of pyridine rings is 1. The van der Waals surface area contributed by atoms with Crippen LogP contribution in [-0.4, -0.2) is 38.6 Å². The molecule has 0 saturated carbocycles. The molecule has 234 valence electrons.